The van der Waals surface area contributed by atoms with Crippen LogP contribution < -0.4 is 4.90 Å². The number of hydrogen-bond acceptors (Lipinski definition) is 3. The zero-order chi connectivity index (χ0) is 10.8. The molecule has 1 atom stereocenters. The molecule has 2 rings (SSSR count). The fourth-order valence-corrected chi connectivity index (χ4v) is 1.59. The highest BCUT2D eigenvalue weighted by Gasteiger charge is 2.17. The van der Waals surface area contributed by atoms with Gasteiger partial charge >= 0.3 is 0 Å². The second-order valence-electron chi connectivity index (χ2n) is 2.84. The highest BCUT2D eigenvalue weighted by molar-refractivity contribution is 6.66. The van der Waals surface area contributed by atoms with Gasteiger partial charge in [-0.3, -0.25) is 4.90 Å². The lowest BCUT2D eigenvalue weighted by Crippen LogP contribution is -2.31. The van der Waals surface area contributed by atoms with Gasteiger partial charge in [-0.1, -0.05) is 11.6 Å². The van der Waals surface area contributed by atoms with Crippen LogP contribution in [0.2, 0.25) is 0 Å². The smallest absolute Gasteiger partial charge is 0.222 e. The standard InChI is InChI=1S/C9H6Cl2FN3/c10-8-13-5-15(9(11)14-8)7-3-1-6(12)2-4-7/h1-5,9H. The summed E-state index contributed by atoms with van der Waals surface area (Å²) in [6, 6.07) is 5.86. The van der Waals surface area contributed by atoms with E-state index < -0.39 is 5.62 Å². The zero-order valence-electron chi connectivity index (χ0n) is 7.44. The van der Waals surface area contributed by atoms with E-state index in [1.54, 1.807) is 17.0 Å². The first kappa shape index (κ1) is 10.4. The van der Waals surface area contributed by atoms with Gasteiger partial charge in [-0.05, 0) is 35.9 Å². The maximum absolute atomic E-state index is 12.7. The van der Waals surface area contributed by atoms with Crippen LogP contribution in [0.15, 0.2) is 34.3 Å². The van der Waals surface area contributed by atoms with E-state index >= 15 is 0 Å². The number of hydrogen-bond donors (Lipinski definition) is 0. The topological polar surface area (TPSA) is 28.0 Å². The second kappa shape index (κ2) is 4.16. The first-order chi connectivity index (χ1) is 7.16. The van der Waals surface area contributed by atoms with Crippen LogP contribution in [0.4, 0.5) is 10.1 Å². The van der Waals surface area contributed by atoms with Gasteiger partial charge in [0.05, 0.1) is 0 Å². The molecular formula is C9H6Cl2FN3. The third kappa shape index (κ3) is 2.27. The Kier molecular flexibility index (Phi) is 2.88. The average molecular weight is 246 g/mol. The largest absolute Gasteiger partial charge is 0.296 e. The molecule has 1 aromatic carbocycles. The first-order valence-corrected chi connectivity index (χ1v) is 4.94. The van der Waals surface area contributed by atoms with Gasteiger partial charge < -0.3 is 0 Å². The molecule has 15 heavy (non-hydrogen) atoms. The minimum Gasteiger partial charge on any atom is -0.296 e. The molecule has 1 unspecified atom stereocenters. The van der Waals surface area contributed by atoms with Crippen molar-refractivity contribution in [2.45, 2.75) is 5.62 Å². The minimum atomic E-state index is -0.652. The van der Waals surface area contributed by atoms with Crippen LogP contribution in [0, 0.1) is 5.82 Å². The van der Waals surface area contributed by atoms with Crippen molar-refractivity contribution in [3.8, 4) is 0 Å². The summed E-state index contributed by atoms with van der Waals surface area (Å²) in [7, 11) is 0. The maximum Gasteiger partial charge on any atom is 0.222 e. The van der Waals surface area contributed by atoms with Crippen LogP contribution in [-0.2, 0) is 0 Å². The highest BCUT2D eigenvalue weighted by Crippen LogP contribution is 2.21. The maximum atomic E-state index is 12.7. The summed E-state index contributed by atoms with van der Waals surface area (Å²) in [6.45, 7) is 0. The molecule has 1 aliphatic rings. The Bertz CT molecular complexity index is 416. The lowest BCUT2D eigenvalue weighted by Gasteiger charge is -2.24. The van der Waals surface area contributed by atoms with Crippen molar-refractivity contribution in [2.24, 2.45) is 9.98 Å². The number of benzene rings is 1. The SMILES string of the molecule is Fc1ccc(N2C=NC(Cl)=NC2Cl)cc1. The van der Waals surface area contributed by atoms with E-state index in [0.717, 1.165) is 0 Å². The number of amidine groups is 1. The van der Waals surface area contributed by atoms with Crippen molar-refractivity contribution >= 4 is 40.5 Å². The summed E-state index contributed by atoms with van der Waals surface area (Å²) in [5.74, 6) is -0.305. The summed E-state index contributed by atoms with van der Waals surface area (Å²) in [4.78, 5) is 9.22. The molecule has 0 bridgehead atoms. The summed E-state index contributed by atoms with van der Waals surface area (Å²) < 4.78 is 12.7. The monoisotopic (exact) mass is 245 g/mol. The van der Waals surface area contributed by atoms with Gasteiger partial charge in [-0.15, -0.1) is 0 Å². The zero-order valence-corrected chi connectivity index (χ0v) is 8.95. The first-order valence-electron chi connectivity index (χ1n) is 4.12. The predicted octanol–water partition coefficient (Wildman–Crippen LogP) is 2.79. The lowest BCUT2D eigenvalue weighted by molar-refractivity contribution is 0.627. The van der Waals surface area contributed by atoms with Crippen molar-refractivity contribution in [3.63, 3.8) is 0 Å². The van der Waals surface area contributed by atoms with Crippen molar-refractivity contribution in [1.82, 2.24) is 0 Å². The van der Waals surface area contributed by atoms with E-state index in [1.165, 1.54) is 18.5 Å². The molecule has 0 saturated carbocycles. The fourth-order valence-electron chi connectivity index (χ4n) is 1.15. The molecule has 0 N–H and O–H groups in total. The van der Waals surface area contributed by atoms with Gasteiger partial charge in [-0.25, -0.2) is 14.4 Å². The van der Waals surface area contributed by atoms with Crippen molar-refractivity contribution in [1.29, 1.82) is 0 Å². The van der Waals surface area contributed by atoms with Crippen LogP contribution in [0.5, 0.6) is 0 Å². The molecule has 0 aromatic heterocycles. The van der Waals surface area contributed by atoms with Crippen LogP contribution >= 0.6 is 23.2 Å². The van der Waals surface area contributed by atoms with Crippen molar-refractivity contribution < 1.29 is 4.39 Å². The molecule has 0 fully saturated rings. The number of halogens is 3. The third-order valence-electron chi connectivity index (χ3n) is 1.86. The number of rotatable bonds is 1. The lowest BCUT2D eigenvalue weighted by atomic mass is 10.3. The number of nitrogens with zero attached hydrogens (tertiary/aromatic N) is 3. The van der Waals surface area contributed by atoms with E-state index in [-0.39, 0.29) is 11.1 Å². The molecule has 0 aliphatic carbocycles. The third-order valence-corrected chi connectivity index (χ3v) is 2.36. The van der Waals surface area contributed by atoms with Gasteiger partial charge in [0, 0.05) is 5.69 Å². The molecule has 6 heteroatoms. The molecule has 0 amide bonds. The van der Waals surface area contributed by atoms with E-state index in [1.807, 2.05) is 0 Å². The highest BCUT2D eigenvalue weighted by atomic mass is 35.5. The normalized spacial score (nSPS) is 20.3. The molecule has 0 saturated heterocycles. The minimum absolute atomic E-state index is 0.105. The summed E-state index contributed by atoms with van der Waals surface area (Å²) in [5, 5.41) is 0.105. The van der Waals surface area contributed by atoms with E-state index in [2.05, 4.69) is 9.98 Å². The Hall–Kier alpha value is -1.13. The second-order valence-corrected chi connectivity index (χ2v) is 3.57. The molecule has 1 aromatic rings. The van der Waals surface area contributed by atoms with Gasteiger partial charge in [0.15, 0.2) is 0 Å². The Morgan fingerprint density at radius 1 is 1.27 bits per heavy atom. The Morgan fingerprint density at radius 3 is 2.53 bits per heavy atom. The number of alkyl halides is 1. The molecule has 0 spiro atoms. The van der Waals surface area contributed by atoms with Crippen LogP contribution in [-0.4, -0.2) is 17.3 Å². The van der Waals surface area contributed by atoms with Crippen LogP contribution in [0.3, 0.4) is 0 Å². The molecule has 0 radical (unpaired) electrons. The summed E-state index contributed by atoms with van der Waals surface area (Å²) in [6.07, 6.45) is 1.46. The quantitative estimate of drug-likeness (QED) is 0.553. The van der Waals surface area contributed by atoms with Crippen LogP contribution in [0.1, 0.15) is 0 Å². The Balaban J connectivity index is 2.26. The molecule has 78 valence electrons. The predicted molar refractivity (Wildman–Crippen MR) is 60.3 cm³/mol. The Morgan fingerprint density at radius 2 is 1.93 bits per heavy atom. The van der Waals surface area contributed by atoms with Crippen molar-refractivity contribution in [2.75, 3.05) is 4.90 Å². The van der Waals surface area contributed by atoms with Gasteiger partial charge in [0.25, 0.3) is 0 Å². The summed E-state index contributed by atoms with van der Waals surface area (Å²) >= 11 is 11.5. The average Bonchev–Trinajstić information content (AvgIpc) is 2.20. The number of anilines is 1. The Labute approximate surface area is 95.8 Å². The van der Waals surface area contributed by atoms with E-state index in [0.29, 0.717) is 5.69 Å². The van der Waals surface area contributed by atoms with Crippen molar-refractivity contribution in [3.05, 3.63) is 30.1 Å². The van der Waals surface area contributed by atoms with E-state index in [9.17, 15) is 4.39 Å². The fraction of sp³-hybridized carbons (Fsp3) is 0.111. The molecule has 3 nitrogen and oxygen atoms in total. The summed E-state index contributed by atoms with van der Waals surface area (Å²) in [5.41, 5.74) is 0.0496. The molecule has 1 heterocycles. The van der Waals surface area contributed by atoms with Crippen LogP contribution in [0.25, 0.3) is 0 Å². The van der Waals surface area contributed by atoms with Gasteiger partial charge in [0.2, 0.25) is 10.9 Å². The number of aliphatic imine (C=N–C) groups is 2. The van der Waals surface area contributed by atoms with Gasteiger partial charge in [0.1, 0.15) is 12.2 Å². The molecule has 1 aliphatic heterocycles. The van der Waals surface area contributed by atoms with Gasteiger partial charge in [-0.2, -0.15) is 0 Å². The van der Waals surface area contributed by atoms with E-state index in [4.69, 9.17) is 23.2 Å². The molecular weight excluding hydrogens is 240 g/mol.